The van der Waals surface area contributed by atoms with Crippen LogP contribution in [-0.4, -0.2) is 58.1 Å². The molecule has 0 aliphatic carbocycles. The molecular weight excluding hydrogens is 362 g/mol. The van der Waals surface area contributed by atoms with Crippen molar-refractivity contribution < 1.29 is 14.3 Å². The van der Waals surface area contributed by atoms with Crippen molar-refractivity contribution in [2.75, 3.05) is 19.6 Å². The highest BCUT2D eigenvalue weighted by molar-refractivity contribution is 7.09. The Kier molecular flexibility index (Phi) is 6.08. The Labute approximate surface area is 165 Å². The number of thiazole rings is 1. The van der Waals surface area contributed by atoms with E-state index in [4.69, 9.17) is 4.74 Å². The van der Waals surface area contributed by atoms with Gasteiger partial charge in [0.15, 0.2) is 0 Å². The second kappa shape index (κ2) is 8.17. The molecule has 2 saturated heterocycles. The number of rotatable bonds is 2. The van der Waals surface area contributed by atoms with Gasteiger partial charge in [-0.2, -0.15) is 0 Å². The topological polar surface area (TPSA) is 62.7 Å². The van der Waals surface area contributed by atoms with Crippen molar-refractivity contribution in [3.63, 3.8) is 0 Å². The Morgan fingerprint density at radius 1 is 1.15 bits per heavy atom. The molecule has 6 nitrogen and oxygen atoms in total. The highest BCUT2D eigenvalue weighted by Gasteiger charge is 2.30. The first-order chi connectivity index (χ1) is 12.7. The molecule has 27 heavy (non-hydrogen) atoms. The average molecular weight is 394 g/mol. The van der Waals surface area contributed by atoms with E-state index >= 15 is 0 Å². The van der Waals surface area contributed by atoms with E-state index in [0.29, 0.717) is 30.7 Å². The predicted octanol–water partition coefficient (Wildman–Crippen LogP) is 4.27. The lowest BCUT2D eigenvalue weighted by atomic mass is 9.98. The molecule has 7 heteroatoms. The van der Waals surface area contributed by atoms with Crippen LogP contribution in [0.2, 0.25) is 0 Å². The fourth-order valence-corrected chi connectivity index (χ4v) is 4.72. The van der Waals surface area contributed by atoms with Crippen LogP contribution in [0.4, 0.5) is 4.79 Å². The van der Waals surface area contributed by atoms with E-state index in [-0.39, 0.29) is 12.0 Å². The third-order valence-corrected chi connectivity index (χ3v) is 6.31. The standard InChI is InChI=1S/C20H31N3O3S/c1-14-7-5-6-10-23(14)18(24)16-13-27-17(21-16)15-8-11-22(12-9-15)19(25)26-20(2,3)4/h13-15H,5-12H2,1-4H3. The zero-order valence-corrected chi connectivity index (χ0v) is 17.7. The number of hydrogen-bond donors (Lipinski definition) is 0. The van der Waals surface area contributed by atoms with E-state index in [2.05, 4.69) is 11.9 Å². The fourth-order valence-electron chi connectivity index (χ4n) is 3.76. The van der Waals surface area contributed by atoms with Gasteiger partial charge in [0.1, 0.15) is 11.3 Å². The molecule has 0 radical (unpaired) electrons. The summed E-state index contributed by atoms with van der Waals surface area (Å²) in [4.78, 5) is 33.4. The summed E-state index contributed by atoms with van der Waals surface area (Å²) >= 11 is 1.58. The van der Waals surface area contributed by atoms with Gasteiger partial charge in [-0.1, -0.05) is 0 Å². The number of aromatic nitrogens is 1. The van der Waals surface area contributed by atoms with Crippen LogP contribution in [0.3, 0.4) is 0 Å². The smallest absolute Gasteiger partial charge is 0.410 e. The second-order valence-corrected chi connectivity index (χ2v) is 9.55. The summed E-state index contributed by atoms with van der Waals surface area (Å²) in [7, 11) is 0. The normalized spacial score (nSPS) is 22.0. The minimum atomic E-state index is -0.468. The number of hydrogen-bond acceptors (Lipinski definition) is 5. The van der Waals surface area contributed by atoms with E-state index < -0.39 is 5.60 Å². The molecule has 0 spiro atoms. The van der Waals surface area contributed by atoms with Crippen LogP contribution >= 0.6 is 11.3 Å². The highest BCUT2D eigenvalue weighted by Crippen LogP contribution is 2.31. The Balaban J connectivity index is 1.56. The number of likely N-dealkylation sites (tertiary alicyclic amines) is 2. The first-order valence-corrected chi connectivity index (χ1v) is 10.9. The maximum absolute atomic E-state index is 12.8. The third-order valence-electron chi connectivity index (χ3n) is 5.30. The summed E-state index contributed by atoms with van der Waals surface area (Å²) in [5.74, 6) is 0.380. The molecule has 3 heterocycles. The minimum Gasteiger partial charge on any atom is -0.444 e. The lowest BCUT2D eigenvalue weighted by Crippen LogP contribution is -2.42. The van der Waals surface area contributed by atoms with Crippen LogP contribution in [-0.2, 0) is 4.74 Å². The molecule has 1 aromatic heterocycles. The van der Waals surface area contributed by atoms with Crippen LogP contribution < -0.4 is 0 Å². The van der Waals surface area contributed by atoms with Crippen molar-refractivity contribution >= 4 is 23.3 Å². The molecule has 1 aromatic rings. The Morgan fingerprint density at radius 3 is 2.48 bits per heavy atom. The van der Waals surface area contributed by atoms with Crippen molar-refractivity contribution in [1.82, 2.24) is 14.8 Å². The molecule has 0 aromatic carbocycles. The number of ether oxygens (including phenoxy) is 1. The van der Waals surface area contributed by atoms with E-state index in [1.807, 2.05) is 31.1 Å². The highest BCUT2D eigenvalue weighted by atomic mass is 32.1. The van der Waals surface area contributed by atoms with Gasteiger partial charge in [0.25, 0.3) is 5.91 Å². The summed E-state index contributed by atoms with van der Waals surface area (Å²) in [6.45, 7) is 9.95. The number of carbonyl (C=O) groups is 2. The molecule has 3 rings (SSSR count). The van der Waals surface area contributed by atoms with Gasteiger partial charge < -0.3 is 14.5 Å². The maximum atomic E-state index is 12.8. The van der Waals surface area contributed by atoms with Gasteiger partial charge >= 0.3 is 6.09 Å². The molecule has 1 atom stereocenters. The van der Waals surface area contributed by atoms with Gasteiger partial charge in [-0.15, -0.1) is 11.3 Å². The van der Waals surface area contributed by atoms with E-state index in [9.17, 15) is 9.59 Å². The van der Waals surface area contributed by atoms with Crippen LogP contribution in [0, 0.1) is 0 Å². The summed E-state index contributed by atoms with van der Waals surface area (Å²) in [5.41, 5.74) is 0.114. The molecule has 1 unspecified atom stereocenters. The SMILES string of the molecule is CC1CCCCN1C(=O)c1csc(C2CCN(C(=O)OC(C)(C)C)CC2)n1. The first-order valence-electron chi connectivity index (χ1n) is 9.99. The molecule has 2 amide bonds. The van der Waals surface area contributed by atoms with Gasteiger partial charge in [-0.3, -0.25) is 4.79 Å². The lowest BCUT2D eigenvalue weighted by Gasteiger charge is -2.33. The molecule has 150 valence electrons. The summed E-state index contributed by atoms with van der Waals surface area (Å²) in [5, 5.41) is 2.92. The molecule has 2 fully saturated rings. The van der Waals surface area contributed by atoms with Gasteiger partial charge in [-0.05, 0) is 59.8 Å². The van der Waals surface area contributed by atoms with Crippen LogP contribution in [0.1, 0.15) is 81.2 Å². The van der Waals surface area contributed by atoms with Gasteiger partial charge in [0.05, 0.1) is 5.01 Å². The summed E-state index contributed by atoms with van der Waals surface area (Å²) < 4.78 is 5.45. The van der Waals surface area contributed by atoms with Gasteiger partial charge in [0, 0.05) is 37.0 Å². The predicted molar refractivity (Wildman–Crippen MR) is 106 cm³/mol. The molecular formula is C20H31N3O3S. The second-order valence-electron chi connectivity index (χ2n) is 8.66. The molecule has 2 aliphatic rings. The largest absolute Gasteiger partial charge is 0.444 e. The minimum absolute atomic E-state index is 0.0656. The molecule has 0 bridgehead atoms. The molecule has 0 N–H and O–H groups in total. The Bertz CT molecular complexity index is 674. The molecule has 2 aliphatic heterocycles. The van der Waals surface area contributed by atoms with Crippen molar-refractivity contribution in [2.24, 2.45) is 0 Å². The van der Waals surface area contributed by atoms with Crippen LogP contribution in [0.25, 0.3) is 0 Å². The van der Waals surface area contributed by atoms with E-state index in [1.165, 1.54) is 6.42 Å². The zero-order chi connectivity index (χ0) is 19.6. The number of amides is 2. The monoisotopic (exact) mass is 393 g/mol. The first kappa shape index (κ1) is 20.1. The Hall–Kier alpha value is -1.63. The van der Waals surface area contributed by atoms with Gasteiger partial charge in [-0.25, -0.2) is 9.78 Å². The van der Waals surface area contributed by atoms with E-state index in [0.717, 1.165) is 37.2 Å². The lowest BCUT2D eigenvalue weighted by molar-refractivity contribution is 0.0204. The third kappa shape index (κ3) is 5.00. The number of piperidine rings is 2. The van der Waals surface area contributed by atoms with Crippen molar-refractivity contribution in [3.05, 3.63) is 16.1 Å². The zero-order valence-electron chi connectivity index (χ0n) is 16.9. The van der Waals surface area contributed by atoms with Crippen molar-refractivity contribution in [1.29, 1.82) is 0 Å². The van der Waals surface area contributed by atoms with Crippen molar-refractivity contribution in [3.8, 4) is 0 Å². The van der Waals surface area contributed by atoms with Crippen LogP contribution in [0.5, 0.6) is 0 Å². The quantitative estimate of drug-likeness (QED) is 0.753. The van der Waals surface area contributed by atoms with E-state index in [1.54, 1.807) is 16.2 Å². The maximum Gasteiger partial charge on any atom is 0.410 e. The van der Waals surface area contributed by atoms with Crippen molar-refractivity contribution in [2.45, 2.75) is 77.4 Å². The van der Waals surface area contributed by atoms with Gasteiger partial charge in [0.2, 0.25) is 0 Å². The number of nitrogens with zero attached hydrogens (tertiary/aromatic N) is 3. The number of carbonyl (C=O) groups excluding carboxylic acids is 2. The Morgan fingerprint density at radius 2 is 1.85 bits per heavy atom. The fraction of sp³-hybridized carbons (Fsp3) is 0.750. The summed E-state index contributed by atoms with van der Waals surface area (Å²) in [6.07, 6.45) is 4.84. The summed E-state index contributed by atoms with van der Waals surface area (Å²) in [6, 6.07) is 0.300. The van der Waals surface area contributed by atoms with Crippen LogP contribution in [0.15, 0.2) is 5.38 Å². The molecule has 0 saturated carbocycles. The average Bonchev–Trinajstić information content (AvgIpc) is 3.10.